The van der Waals surface area contributed by atoms with E-state index in [4.69, 9.17) is 0 Å². The Morgan fingerprint density at radius 2 is 2.22 bits per heavy atom. The number of rotatable bonds is 6. The quantitative estimate of drug-likeness (QED) is 0.837. The van der Waals surface area contributed by atoms with E-state index in [9.17, 15) is 0 Å². The second-order valence-corrected chi connectivity index (χ2v) is 6.36. The van der Waals surface area contributed by atoms with Gasteiger partial charge in [-0.2, -0.15) is 11.8 Å². The molecule has 2 unspecified atom stereocenters. The molecular weight excluding hydrogens is 238 g/mol. The van der Waals surface area contributed by atoms with Gasteiger partial charge in [0.2, 0.25) is 0 Å². The summed E-state index contributed by atoms with van der Waals surface area (Å²) < 4.78 is 0. The van der Waals surface area contributed by atoms with E-state index in [0.29, 0.717) is 6.04 Å². The molecule has 0 heterocycles. The number of nitrogens with one attached hydrogen (secondary N) is 1. The highest BCUT2D eigenvalue weighted by atomic mass is 32.2. The zero-order chi connectivity index (χ0) is 12.8. The van der Waals surface area contributed by atoms with E-state index in [2.05, 4.69) is 42.8 Å². The van der Waals surface area contributed by atoms with Gasteiger partial charge < -0.3 is 5.32 Å². The SMILES string of the molecule is CSCCC(C)NCC1CCCc2ccccc21. The molecular formula is C16H25NS. The molecule has 2 atom stereocenters. The van der Waals surface area contributed by atoms with Crippen LogP contribution in [0.3, 0.4) is 0 Å². The van der Waals surface area contributed by atoms with Crippen LogP contribution in [0.5, 0.6) is 0 Å². The van der Waals surface area contributed by atoms with Crippen LogP contribution in [-0.2, 0) is 6.42 Å². The van der Waals surface area contributed by atoms with Crippen LogP contribution in [0.2, 0.25) is 0 Å². The number of thioether (sulfide) groups is 1. The summed E-state index contributed by atoms with van der Waals surface area (Å²) in [6.07, 6.45) is 7.43. The Balaban J connectivity index is 1.87. The van der Waals surface area contributed by atoms with E-state index in [0.717, 1.165) is 12.5 Å². The van der Waals surface area contributed by atoms with Crippen molar-refractivity contribution in [1.82, 2.24) is 5.32 Å². The van der Waals surface area contributed by atoms with Crippen LogP contribution in [-0.4, -0.2) is 24.6 Å². The summed E-state index contributed by atoms with van der Waals surface area (Å²) in [5, 5.41) is 3.71. The first-order valence-electron chi connectivity index (χ1n) is 7.11. The lowest BCUT2D eigenvalue weighted by atomic mass is 9.83. The van der Waals surface area contributed by atoms with Crippen molar-refractivity contribution in [3.05, 3.63) is 35.4 Å². The summed E-state index contributed by atoms with van der Waals surface area (Å²) in [7, 11) is 0. The first-order valence-corrected chi connectivity index (χ1v) is 8.50. The number of benzene rings is 1. The minimum Gasteiger partial charge on any atom is -0.314 e. The predicted octanol–water partition coefficient (Wildman–Crippen LogP) is 3.84. The molecule has 0 radical (unpaired) electrons. The van der Waals surface area contributed by atoms with Gasteiger partial charge in [-0.25, -0.2) is 0 Å². The van der Waals surface area contributed by atoms with Gasteiger partial charge in [0.1, 0.15) is 0 Å². The predicted molar refractivity (Wildman–Crippen MR) is 82.6 cm³/mol. The summed E-state index contributed by atoms with van der Waals surface area (Å²) in [5.41, 5.74) is 3.17. The van der Waals surface area contributed by atoms with Gasteiger partial charge in [0.05, 0.1) is 0 Å². The summed E-state index contributed by atoms with van der Waals surface area (Å²) in [6.45, 7) is 3.46. The fourth-order valence-corrected chi connectivity index (χ4v) is 3.40. The molecule has 0 spiro atoms. The Hall–Kier alpha value is -0.470. The van der Waals surface area contributed by atoms with Crippen LogP contribution in [0.4, 0.5) is 0 Å². The van der Waals surface area contributed by atoms with Crippen LogP contribution in [0.25, 0.3) is 0 Å². The first-order chi connectivity index (χ1) is 8.81. The van der Waals surface area contributed by atoms with Crippen LogP contribution < -0.4 is 5.32 Å². The van der Waals surface area contributed by atoms with Crippen molar-refractivity contribution in [3.63, 3.8) is 0 Å². The van der Waals surface area contributed by atoms with Crippen LogP contribution in [0.15, 0.2) is 24.3 Å². The minimum atomic E-state index is 0.645. The van der Waals surface area contributed by atoms with Crippen molar-refractivity contribution < 1.29 is 0 Å². The number of hydrogen-bond donors (Lipinski definition) is 1. The Labute approximate surface area is 116 Å². The lowest BCUT2D eigenvalue weighted by molar-refractivity contribution is 0.460. The summed E-state index contributed by atoms with van der Waals surface area (Å²) in [4.78, 5) is 0. The zero-order valence-corrected chi connectivity index (χ0v) is 12.4. The largest absolute Gasteiger partial charge is 0.314 e. The van der Waals surface area contributed by atoms with Gasteiger partial charge in [0.15, 0.2) is 0 Å². The molecule has 0 bridgehead atoms. The average Bonchev–Trinajstić information content (AvgIpc) is 2.42. The van der Waals surface area contributed by atoms with E-state index in [1.165, 1.54) is 31.4 Å². The van der Waals surface area contributed by atoms with Gasteiger partial charge in [-0.15, -0.1) is 0 Å². The Morgan fingerprint density at radius 3 is 3.06 bits per heavy atom. The lowest BCUT2D eigenvalue weighted by Crippen LogP contribution is -2.32. The van der Waals surface area contributed by atoms with Crippen LogP contribution >= 0.6 is 11.8 Å². The van der Waals surface area contributed by atoms with Crippen LogP contribution in [0.1, 0.15) is 43.2 Å². The summed E-state index contributed by atoms with van der Waals surface area (Å²) in [6, 6.07) is 9.64. The smallest absolute Gasteiger partial charge is 0.00468 e. The number of aryl methyl sites for hydroxylation is 1. The molecule has 1 nitrogen and oxygen atoms in total. The van der Waals surface area contributed by atoms with Crippen LogP contribution in [0, 0.1) is 0 Å². The van der Waals surface area contributed by atoms with E-state index >= 15 is 0 Å². The van der Waals surface area contributed by atoms with Gasteiger partial charge in [-0.05, 0) is 61.7 Å². The van der Waals surface area contributed by atoms with Crippen molar-refractivity contribution >= 4 is 11.8 Å². The highest BCUT2D eigenvalue weighted by Gasteiger charge is 2.19. The molecule has 1 aromatic rings. The number of hydrogen-bond acceptors (Lipinski definition) is 2. The molecule has 100 valence electrons. The molecule has 2 rings (SSSR count). The molecule has 0 aliphatic heterocycles. The van der Waals surface area contributed by atoms with Crippen molar-refractivity contribution in [1.29, 1.82) is 0 Å². The van der Waals surface area contributed by atoms with E-state index < -0.39 is 0 Å². The highest BCUT2D eigenvalue weighted by molar-refractivity contribution is 7.98. The lowest BCUT2D eigenvalue weighted by Gasteiger charge is -2.27. The molecule has 0 amide bonds. The minimum absolute atomic E-state index is 0.645. The third kappa shape index (κ3) is 3.76. The second-order valence-electron chi connectivity index (χ2n) is 5.38. The molecule has 0 saturated heterocycles. The van der Waals surface area contributed by atoms with E-state index in [1.807, 2.05) is 11.8 Å². The highest BCUT2D eigenvalue weighted by Crippen LogP contribution is 2.30. The van der Waals surface area contributed by atoms with E-state index in [1.54, 1.807) is 11.1 Å². The summed E-state index contributed by atoms with van der Waals surface area (Å²) in [5.74, 6) is 1.99. The second kappa shape index (κ2) is 7.20. The molecule has 1 aromatic carbocycles. The van der Waals surface area contributed by atoms with Crippen molar-refractivity contribution in [2.24, 2.45) is 0 Å². The molecule has 0 fully saturated rings. The molecule has 0 saturated carbocycles. The molecule has 0 aromatic heterocycles. The van der Waals surface area contributed by atoms with Gasteiger partial charge in [-0.3, -0.25) is 0 Å². The first kappa shape index (κ1) is 14.0. The average molecular weight is 263 g/mol. The van der Waals surface area contributed by atoms with Gasteiger partial charge in [0.25, 0.3) is 0 Å². The topological polar surface area (TPSA) is 12.0 Å². The zero-order valence-electron chi connectivity index (χ0n) is 11.6. The maximum atomic E-state index is 3.71. The normalized spacial score (nSPS) is 20.4. The Kier molecular flexibility index (Phi) is 5.58. The van der Waals surface area contributed by atoms with Crippen molar-refractivity contribution in [2.75, 3.05) is 18.6 Å². The third-order valence-electron chi connectivity index (χ3n) is 3.96. The fourth-order valence-electron chi connectivity index (χ4n) is 2.81. The molecule has 1 aliphatic rings. The Bertz CT molecular complexity index is 364. The molecule has 2 heteroatoms. The molecule has 18 heavy (non-hydrogen) atoms. The monoisotopic (exact) mass is 263 g/mol. The van der Waals surface area contributed by atoms with E-state index in [-0.39, 0.29) is 0 Å². The van der Waals surface area contributed by atoms with Gasteiger partial charge in [-0.1, -0.05) is 24.3 Å². The summed E-state index contributed by atoms with van der Waals surface area (Å²) >= 11 is 1.94. The van der Waals surface area contributed by atoms with Gasteiger partial charge >= 0.3 is 0 Å². The molecule has 1 aliphatic carbocycles. The van der Waals surface area contributed by atoms with Crippen molar-refractivity contribution in [2.45, 2.75) is 44.6 Å². The third-order valence-corrected chi connectivity index (χ3v) is 4.61. The fraction of sp³-hybridized carbons (Fsp3) is 0.625. The van der Waals surface area contributed by atoms with Crippen molar-refractivity contribution in [3.8, 4) is 0 Å². The number of fused-ring (bicyclic) bond motifs is 1. The standard InChI is InChI=1S/C16H25NS/c1-13(10-11-18-2)17-12-15-8-5-7-14-6-3-4-9-16(14)15/h3-4,6,9,13,15,17H,5,7-8,10-12H2,1-2H3. The molecule has 1 N–H and O–H groups in total. The Morgan fingerprint density at radius 1 is 1.39 bits per heavy atom. The maximum Gasteiger partial charge on any atom is 0.00468 e. The maximum absolute atomic E-state index is 3.71. The van der Waals surface area contributed by atoms with Gasteiger partial charge in [0, 0.05) is 12.6 Å².